The minimum Gasteiger partial charge on any atom is -0.480 e. The molecule has 9 nitrogen and oxygen atoms in total. The van der Waals surface area contributed by atoms with Crippen LogP contribution in [0, 0.1) is 5.92 Å². The average molecular weight is 269 g/mol. The van der Waals surface area contributed by atoms with Gasteiger partial charge in [0.05, 0.1) is 31.9 Å². The van der Waals surface area contributed by atoms with E-state index in [4.69, 9.17) is 15.6 Å². The Balaban J connectivity index is 1.83. The van der Waals surface area contributed by atoms with Crippen molar-refractivity contribution in [1.82, 2.24) is 20.3 Å². The van der Waals surface area contributed by atoms with Gasteiger partial charge in [-0.3, -0.25) is 9.59 Å². The number of amides is 1. The summed E-state index contributed by atoms with van der Waals surface area (Å²) >= 11 is 0. The molecule has 1 amide bonds. The Labute approximate surface area is 108 Å². The highest BCUT2D eigenvalue weighted by atomic mass is 16.5. The molecule has 1 aliphatic heterocycles. The van der Waals surface area contributed by atoms with Crippen molar-refractivity contribution in [3.63, 3.8) is 0 Å². The molecule has 19 heavy (non-hydrogen) atoms. The van der Waals surface area contributed by atoms with E-state index in [1.165, 1.54) is 10.9 Å². The second-order valence-corrected chi connectivity index (χ2v) is 4.33. The number of aliphatic carboxylic acids is 1. The van der Waals surface area contributed by atoms with E-state index in [0.29, 0.717) is 18.9 Å². The van der Waals surface area contributed by atoms with Crippen LogP contribution in [0.2, 0.25) is 0 Å². The molecule has 2 unspecified atom stereocenters. The molecule has 1 saturated heterocycles. The maximum Gasteiger partial charge on any atom is 0.325 e. The smallest absolute Gasteiger partial charge is 0.325 e. The Bertz CT molecular complexity index is 474. The molecule has 1 fully saturated rings. The van der Waals surface area contributed by atoms with Crippen molar-refractivity contribution in [2.24, 2.45) is 11.7 Å². The van der Waals surface area contributed by atoms with Crippen molar-refractivity contribution >= 4 is 11.9 Å². The first-order valence-electron chi connectivity index (χ1n) is 5.78. The van der Waals surface area contributed by atoms with Crippen LogP contribution in [0.5, 0.6) is 0 Å². The number of nitrogens with zero attached hydrogens (tertiary/aromatic N) is 3. The van der Waals surface area contributed by atoms with Crippen LogP contribution in [0.15, 0.2) is 6.20 Å². The molecule has 1 aliphatic rings. The van der Waals surface area contributed by atoms with Crippen LogP contribution in [0.3, 0.4) is 0 Å². The van der Waals surface area contributed by atoms with Gasteiger partial charge in [-0.15, -0.1) is 5.10 Å². The number of nitrogens with two attached hydrogens (primary N) is 1. The third-order valence-electron chi connectivity index (χ3n) is 2.79. The van der Waals surface area contributed by atoms with Gasteiger partial charge < -0.3 is 20.9 Å². The standard InChI is InChI=1S/C10H15N5O4/c11-8-5-19-4-7(8)10(18)12-1-6-2-15(14-13-6)3-9(16)17/h2,7-8H,1,3-5,11H2,(H,12,18)(H,16,17). The number of hydrogen-bond acceptors (Lipinski definition) is 6. The minimum atomic E-state index is -1.01. The Morgan fingerprint density at radius 2 is 2.37 bits per heavy atom. The van der Waals surface area contributed by atoms with E-state index in [-0.39, 0.29) is 31.0 Å². The van der Waals surface area contributed by atoms with Gasteiger partial charge in [-0.1, -0.05) is 5.21 Å². The molecule has 9 heteroatoms. The molecule has 2 atom stereocenters. The number of rotatable bonds is 5. The zero-order valence-corrected chi connectivity index (χ0v) is 10.2. The van der Waals surface area contributed by atoms with E-state index in [9.17, 15) is 9.59 Å². The van der Waals surface area contributed by atoms with Crippen molar-refractivity contribution in [3.05, 3.63) is 11.9 Å². The van der Waals surface area contributed by atoms with Crippen LogP contribution in [0.4, 0.5) is 0 Å². The van der Waals surface area contributed by atoms with Gasteiger partial charge >= 0.3 is 5.97 Å². The van der Waals surface area contributed by atoms with Crippen LogP contribution in [0.25, 0.3) is 0 Å². The highest BCUT2D eigenvalue weighted by molar-refractivity contribution is 5.79. The molecule has 104 valence electrons. The third-order valence-corrected chi connectivity index (χ3v) is 2.79. The quantitative estimate of drug-likeness (QED) is 0.560. The van der Waals surface area contributed by atoms with Crippen molar-refractivity contribution in [2.75, 3.05) is 13.2 Å². The van der Waals surface area contributed by atoms with E-state index in [0.717, 1.165) is 0 Å². The Hall–Kier alpha value is -2.00. The highest BCUT2D eigenvalue weighted by Gasteiger charge is 2.31. The molecule has 0 saturated carbocycles. The van der Waals surface area contributed by atoms with Gasteiger partial charge in [0.25, 0.3) is 0 Å². The SMILES string of the molecule is NC1COCC1C(=O)NCc1cn(CC(=O)O)nn1. The number of hydrogen-bond donors (Lipinski definition) is 3. The number of carboxylic acid groups (broad SMARTS) is 1. The molecule has 2 heterocycles. The molecule has 0 bridgehead atoms. The van der Waals surface area contributed by atoms with Gasteiger partial charge in [0.15, 0.2) is 0 Å². The van der Waals surface area contributed by atoms with E-state index in [2.05, 4.69) is 15.6 Å². The number of carboxylic acids is 1. The molecule has 0 aromatic carbocycles. The van der Waals surface area contributed by atoms with Crippen molar-refractivity contribution in [3.8, 4) is 0 Å². The van der Waals surface area contributed by atoms with Crippen LogP contribution in [0.1, 0.15) is 5.69 Å². The zero-order valence-electron chi connectivity index (χ0n) is 10.2. The van der Waals surface area contributed by atoms with Gasteiger partial charge in [-0.05, 0) is 0 Å². The van der Waals surface area contributed by atoms with Gasteiger partial charge in [-0.25, -0.2) is 4.68 Å². The number of aromatic nitrogens is 3. The summed E-state index contributed by atoms with van der Waals surface area (Å²) in [5.74, 6) is -1.55. The summed E-state index contributed by atoms with van der Waals surface area (Å²) in [7, 11) is 0. The predicted molar refractivity (Wildman–Crippen MR) is 61.8 cm³/mol. The van der Waals surface area contributed by atoms with Crippen molar-refractivity contribution in [2.45, 2.75) is 19.1 Å². The maximum absolute atomic E-state index is 11.8. The Morgan fingerprint density at radius 1 is 1.58 bits per heavy atom. The summed E-state index contributed by atoms with van der Waals surface area (Å²) in [4.78, 5) is 22.3. The highest BCUT2D eigenvalue weighted by Crippen LogP contribution is 2.11. The molecule has 2 rings (SSSR count). The number of ether oxygens (including phenoxy) is 1. The molecule has 0 radical (unpaired) electrons. The lowest BCUT2D eigenvalue weighted by Crippen LogP contribution is -2.40. The second-order valence-electron chi connectivity index (χ2n) is 4.33. The fourth-order valence-electron chi connectivity index (χ4n) is 1.79. The fraction of sp³-hybridized carbons (Fsp3) is 0.600. The number of carbonyl (C=O) groups excluding carboxylic acids is 1. The fourth-order valence-corrected chi connectivity index (χ4v) is 1.79. The first-order valence-corrected chi connectivity index (χ1v) is 5.78. The molecular formula is C10H15N5O4. The lowest BCUT2D eigenvalue weighted by molar-refractivity contribution is -0.138. The van der Waals surface area contributed by atoms with Crippen LogP contribution in [-0.2, 0) is 27.4 Å². The van der Waals surface area contributed by atoms with Gasteiger partial charge in [-0.2, -0.15) is 0 Å². The van der Waals surface area contributed by atoms with Crippen LogP contribution in [-0.4, -0.2) is 51.2 Å². The lowest BCUT2D eigenvalue weighted by Gasteiger charge is -2.12. The predicted octanol–water partition coefficient (Wildman–Crippen LogP) is -2.05. The molecule has 4 N–H and O–H groups in total. The summed E-state index contributed by atoms with van der Waals surface area (Å²) in [5, 5.41) is 18.6. The largest absolute Gasteiger partial charge is 0.480 e. The number of nitrogens with one attached hydrogen (secondary N) is 1. The van der Waals surface area contributed by atoms with E-state index in [1.54, 1.807) is 0 Å². The molecular weight excluding hydrogens is 254 g/mol. The first-order chi connectivity index (χ1) is 9.06. The van der Waals surface area contributed by atoms with E-state index < -0.39 is 5.97 Å². The summed E-state index contributed by atoms with van der Waals surface area (Å²) < 4.78 is 6.30. The second kappa shape index (κ2) is 5.76. The Morgan fingerprint density at radius 3 is 3.00 bits per heavy atom. The number of carbonyl (C=O) groups is 2. The molecule has 1 aromatic heterocycles. The molecule has 0 spiro atoms. The molecule has 0 aliphatic carbocycles. The normalized spacial score (nSPS) is 22.4. The lowest BCUT2D eigenvalue weighted by atomic mass is 10.0. The Kier molecular flexibility index (Phi) is 4.07. The zero-order chi connectivity index (χ0) is 13.8. The summed E-state index contributed by atoms with van der Waals surface area (Å²) in [5.41, 5.74) is 6.21. The van der Waals surface area contributed by atoms with Crippen molar-refractivity contribution in [1.29, 1.82) is 0 Å². The summed E-state index contributed by atoms with van der Waals surface area (Å²) in [6, 6.07) is -0.289. The van der Waals surface area contributed by atoms with Crippen LogP contribution < -0.4 is 11.1 Å². The summed E-state index contributed by atoms with van der Waals surface area (Å²) in [6.07, 6.45) is 1.47. The van der Waals surface area contributed by atoms with Crippen molar-refractivity contribution < 1.29 is 19.4 Å². The third kappa shape index (κ3) is 3.48. The van der Waals surface area contributed by atoms with Gasteiger partial charge in [0, 0.05) is 6.04 Å². The summed E-state index contributed by atoms with van der Waals surface area (Å²) in [6.45, 7) is 0.621. The first kappa shape index (κ1) is 13.4. The van der Waals surface area contributed by atoms with E-state index >= 15 is 0 Å². The van der Waals surface area contributed by atoms with E-state index in [1.807, 2.05) is 0 Å². The monoisotopic (exact) mass is 269 g/mol. The maximum atomic E-state index is 11.8. The average Bonchev–Trinajstić information content (AvgIpc) is 2.94. The minimum absolute atomic E-state index is 0.182. The van der Waals surface area contributed by atoms with Gasteiger partial charge in [0.1, 0.15) is 12.2 Å². The van der Waals surface area contributed by atoms with Crippen LogP contribution >= 0.6 is 0 Å². The van der Waals surface area contributed by atoms with Gasteiger partial charge in [0.2, 0.25) is 5.91 Å². The molecule has 1 aromatic rings. The topological polar surface area (TPSA) is 132 Å².